The number of thiophene rings is 1. The van der Waals surface area contributed by atoms with Crippen LogP contribution >= 0.6 is 22.9 Å². The van der Waals surface area contributed by atoms with Gasteiger partial charge in [0.1, 0.15) is 0 Å². The van der Waals surface area contributed by atoms with Crippen LogP contribution in [0.5, 0.6) is 0 Å². The van der Waals surface area contributed by atoms with Crippen molar-refractivity contribution in [1.82, 2.24) is 0 Å². The lowest BCUT2D eigenvalue weighted by Crippen LogP contribution is -2.10. The molecule has 1 aromatic carbocycles. The van der Waals surface area contributed by atoms with Gasteiger partial charge in [-0.3, -0.25) is 4.79 Å². The van der Waals surface area contributed by atoms with Gasteiger partial charge in [-0.25, -0.2) is 0 Å². The summed E-state index contributed by atoms with van der Waals surface area (Å²) < 4.78 is 0. The molecule has 0 aliphatic heterocycles. The zero-order valence-corrected chi connectivity index (χ0v) is 9.31. The molecule has 2 aromatic rings. The Morgan fingerprint density at radius 3 is 2.53 bits per heavy atom. The van der Waals surface area contributed by atoms with E-state index in [1.54, 1.807) is 24.3 Å². The summed E-state index contributed by atoms with van der Waals surface area (Å²) in [6, 6.07) is 10.5. The van der Waals surface area contributed by atoms with Gasteiger partial charge < -0.3 is 5.32 Å². The van der Waals surface area contributed by atoms with Gasteiger partial charge in [-0.1, -0.05) is 11.6 Å². The maximum absolute atomic E-state index is 11.7. The number of hydrogen-bond donors (Lipinski definition) is 1. The molecule has 76 valence electrons. The average Bonchev–Trinajstić information content (AvgIpc) is 2.71. The van der Waals surface area contributed by atoms with Crippen LogP contribution in [0.15, 0.2) is 41.8 Å². The Hall–Kier alpha value is -1.32. The molecule has 2 rings (SSSR count). The third-order valence-electron chi connectivity index (χ3n) is 1.86. The van der Waals surface area contributed by atoms with Crippen molar-refractivity contribution in [3.8, 4) is 0 Å². The fourth-order valence-electron chi connectivity index (χ4n) is 1.14. The average molecular weight is 238 g/mol. The number of anilines is 1. The smallest absolute Gasteiger partial charge is 0.256 e. The van der Waals surface area contributed by atoms with Gasteiger partial charge in [0.15, 0.2) is 0 Å². The van der Waals surface area contributed by atoms with Gasteiger partial charge >= 0.3 is 0 Å². The molecule has 0 aliphatic rings. The summed E-state index contributed by atoms with van der Waals surface area (Å²) in [6.45, 7) is 0. The summed E-state index contributed by atoms with van der Waals surface area (Å²) in [5.41, 5.74) is 0.604. The van der Waals surface area contributed by atoms with E-state index in [1.807, 2.05) is 17.5 Å². The van der Waals surface area contributed by atoms with Gasteiger partial charge in [-0.15, -0.1) is 11.3 Å². The minimum atomic E-state index is -0.117. The molecule has 0 fully saturated rings. The molecule has 1 aromatic heterocycles. The van der Waals surface area contributed by atoms with Crippen LogP contribution in [0.3, 0.4) is 0 Å². The number of nitrogens with one attached hydrogen (secondary N) is 1. The predicted octanol–water partition coefficient (Wildman–Crippen LogP) is 3.65. The largest absolute Gasteiger partial charge is 0.314 e. The first kappa shape index (κ1) is 10.2. The molecule has 0 atom stereocenters. The van der Waals surface area contributed by atoms with Crippen LogP contribution < -0.4 is 5.32 Å². The van der Waals surface area contributed by atoms with E-state index >= 15 is 0 Å². The van der Waals surface area contributed by atoms with E-state index < -0.39 is 0 Å². The SMILES string of the molecule is O=C(Nc1cccs1)c1ccc(Cl)cc1. The van der Waals surface area contributed by atoms with Crippen LogP contribution in [0.25, 0.3) is 0 Å². The summed E-state index contributed by atoms with van der Waals surface area (Å²) >= 11 is 7.22. The van der Waals surface area contributed by atoms with Crippen molar-refractivity contribution in [3.05, 3.63) is 52.4 Å². The first-order chi connectivity index (χ1) is 7.25. The van der Waals surface area contributed by atoms with E-state index in [2.05, 4.69) is 5.32 Å². The van der Waals surface area contributed by atoms with E-state index in [-0.39, 0.29) is 5.91 Å². The summed E-state index contributed by atoms with van der Waals surface area (Å²) in [5, 5.41) is 6.18. The van der Waals surface area contributed by atoms with Gasteiger partial charge in [0.05, 0.1) is 5.00 Å². The molecule has 1 N–H and O–H groups in total. The van der Waals surface area contributed by atoms with Crippen LogP contribution in [0.1, 0.15) is 10.4 Å². The molecule has 0 aliphatic carbocycles. The van der Waals surface area contributed by atoms with Crippen LogP contribution in [-0.2, 0) is 0 Å². The fraction of sp³-hybridized carbons (Fsp3) is 0. The van der Waals surface area contributed by atoms with Crippen LogP contribution in [0, 0.1) is 0 Å². The number of halogens is 1. The van der Waals surface area contributed by atoms with E-state index in [4.69, 9.17) is 11.6 Å². The Kier molecular flexibility index (Phi) is 3.04. The second-order valence-electron chi connectivity index (χ2n) is 2.94. The standard InChI is InChI=1S/C11H8ClNOS/c12-9-5-3-8(4-6-9)11(14)13-10-2-1-7-15-10/h1-7H,(H,13,14). The number of benzene rings is 1. The van der Waals surface area contributed by atoms with Gasteiger partial charge in [0.2, 0.25) is 0 Å². The number of carbonyl (C=O) groups excluding carboxylic acids is 1. The molecule has 2 nitrogen and oxygen atoms in total. The Balaban J connectivity index is 2.11. The third-order valence-corrected chi connectivity index (χ3v) is 2.90. The van der Waals surface area contributed by atoms with E-state index in [9.17, 15) is 4.79 Å². The second-order valence-corrected chi connectivity index (χ2v) is 4.32. The predicted molar refractivity (Wildman–Crippen MR) is 63.7 cm³/mol. The zero-order chi connectivity index (χ0) is 10.7. The molecule has 15 heavy (non-hydrogen) atoms. The minimum absolute atomic E-state index is 0.117. The topological polar surface area (TPSA) is 29.1 Å². The number of rotatable bonds is 2. The lowest BCUT2D eigenvalue weighted by molar-refractivity contribution is 0.102. The summed E-state index contributed by atoms with van der Waals surface area (Å²) in [7, 11) is 0. The van der Waals surface area contributed by atoms with Crippen molar-refractivity contribution < 1.29 is 4.79 Å². The fourth-order valence-corrected chi connectivity index (χ4v) is 1.87. The van der Waals surface area contributed by atoms with Crippen LogP contribution in [0.2, 0.25) is 5.02 Å². The Morgan fingerprint density at radius 2 is 1.93 bits per heavy atom. The maximum Gasteiger partial charge on any atom is 0.256 e. The van der Waals surface area contributed by atoms with E-state index in [0.717, 1.165) is 5.00 Å². The monoisotopic (exact) mass is 237 g/mol. The molecular weight excluding hydrogens is 230 g/mol. The number of amides is 1. The first-order valence-corrected chi connectivity index (χ1v) is 5.62. The van der Waals surface area contributed by atoms with Crippen molar-refractivity contribution in [2.75, 3.05) is 5.32 Å². The van der Waals surface area contributed by atoms with Crippen LogP contribution in [0.4, 0.5) is 5.00 Å². The molecule has 0 saturated carbocycles. The van der Waals surface area contributed by atoms with E-state index in [0.29, 0.717) is 10.6 Å². The maximum atomic E-state index is 11.7. The highest BCUT2D eigenvalue weighted by Crippen LogP contribution is 2.17. The summed E-state index contributed by atoms with van der Waals surface area (Å²) in [5.74, 6) is -0.117. The number of hydrogen-bond acceptors (Lipinski definition) is 2. The normalized spacial score (nSPS) is 9.93. The third kappa shape index (κ3) is 2.58. The second kappa shape index (κ2) is 4.47. The molecule has 0 saturated heterocycles. The first-order valence-electron chi connectivity index (χ1n) is 4.36. The van der Waals surface area contributed by atoms with E-state index in [1.165, 1.54) is 11.3 Å². The zero-order valence-electron chi connectivity index (χ0n) is 7.74. The van der Waals surface area contributed by atoms with Crippen molar-refractivity contribution in [2.24, 2.45) is 0 Å². The Bertz CT molecular complexity index is 450. The van der Waals surface area contributed by atoms with Gasteiger partial charge in [-0.2, -0.15) is 0 Å². The number of carbonyl (C=O) groups is 1. The van der Waals surface area contributed by atoms with Gasteiger partial charge in [-0.05, 0) is 41.8 Å². The molecule has 0 bridgehead atoms. The minimum Gasteiger partial charge on any atom is -0.314 e. The molecule has 0 radical (unpaired) electrons. The molecule has 1 amide bonds. The van der Waals surface area contributed by atoms with Gasteiger partial charge in [0, 0.05) is 10.6 Å². The molecule has 1 heterocycles. The van der Waals surface area contributed by atoms with Crippen molar-refractivity contribution >= 4 is 33.8 Å². The lowest BCUT2D eigenvalue weighted by atomic mass is 10.2. The quantitative estimate of drug-likeness (QED) is 0.849. The molecular formula is C11H8ClNOS. The Morgan fingerprint density at radius 1 is 1.20 bits per heavy atom. The molecule has 0 unspecified atom stereocenters. The van der Waals surface area contributed by atoms with Crippen LogP contribution in [-0.4, -0.2) is 5.91 Å². The Labute approximate surface area is 96.5 Å². The molecule has 0 spiro atoms. The molecule has 4 heteroatoms. The van der Waals surface area contributed by atoms with Gasteiger partial charge in [0.25, 0.3) is 5.91 Å². The summed E-state index contributed by atoms with van der Waals surface area (Å²) in [6.07, 6.45) is 0. The highest BCUT2D eigenvalue weighted by molar-refractivity contribution is 7.14. The lowest BCUT2D eigenvalue weighted by Gasteiger charge is -2.01. The summed E-state index contributed by atoms with van der Waals surface area (Å²) in [4.78, 5) is 11.7. The highest BCUT2D eigenvalue weighted by Gasteiger charge is 2.05. The highest BCUT2D eigenvalue weighted by atomic mass is 35.5. The van der Waals surface area contributed by atoms with Crippen molar-refractivity contribution in [3.63, 3.8) is 0 Å². The van der Waals surface area contributed by atoms with Crippen molar-refractivity contribution in [1.29, 1.82) is 0 Å². The van der Waals surface area contributed by atoms with Crippen molar-refractivity contribution in [2.45, 2.75) is 0 Å².